The molecule has 1 aromatic carbocycles. The summed E-state index contributed by atoms with van der Waals surface area (Å²) in [6, 6.07) is -1.35. The van der Waals surface area contributed by atoms with Crippen molar-refractivity contribution in [3.63, 3.8) is 0 Å². The first-order valence-electron chi connectivity index (χ1n) is 9.10. The van der Waals surface area contributed by atoms with Crippen molar-refractivity contribution >= 4 is 18.3 Å². The van der Waals surface area contributed by atoms with Crippen molar-refractivity contribution in [2.24, 2.45) is 5.73 Å². The number of hydrogen-bond donors (Lipinski definition) is 1. The van der Waals surface area contributed by atoms with E-state index in [1.807, 2.05) is 0 Å². The summed E-state index contributed by atoms with van der Waals surface area (Å²) in [6.45, 7) is 3.00. The molecule has 0 saturated carbocycles. The molecule has 0 saturated heterocycles. The van der Waals surface area contributed by atoms with Gasteiger partial charge in [-0.2, -0.15) is 13.2 Å². The van der Waals surface area contributed by atoms with Crippen molar-refractivity contribution < 1.29 is 31.1 Å². The van der Waals surface area contributed by atoms with Crippen LogP contribution in [0.1, 0.15) is 49.6 Å². The highest BCUT2D eigenvalue weighted by Gasteiger charge is 2.43. The minimum absolute atomic E-state index is 0. The van der Waals surface area contributed by atoms with Gasteiger partial charge in [-0.3, -0.25) is 4.79 Å². The van der Waals surface area contributed by atoms with E-state index in [1.54, 1.807) is 0 Å². The lowest BCUT2D eigenvalue weighted by Gasteiger charge is -2.38. The van der Waals surface area contributed by atoms with Gasteiger partial charge < -0.3 is 15.2 Å². The SMILES string of the molecule is C[C@@H]1CN(C(=O)C[C@H](N)Cc2cc(F)c(F)cc2F)[C@@H](C)c2nnc(C(F)(F)F)n21.Cl. The van der Waals surface area contributed by atoms with Gasteiger partial charge in [0.1, 0.15) is 5.82 Å². The molecule has 0 fully saturated rings. The van der Waals surface area contributed by atoms with Crippen LogP contribution >= 0.6 is 12.4 Å². The molecule has 2 aromatic rings. The number of fused-ring (bicyclic) bond motifs is 1. The highest BCUT2D eigenvalue weighted by molar-refractivity contribution is 5.85. The van der Waals surface area contributed by atoms with Crippen LogP contribution in [0.5, 0.6) is 0 Å². The molecule has 31 heavy (non-hydrogen) atoms. The van der Waals surface area contributed by atoms with Crippen LogP contribution in [-0.2, 0) is 17.4 Å². The minimum atomic E-state index is -4.68. The number of aromatic nitrogens is 3. The van der Waals surface area contributed by atoms with Gasteiger partial charge in [-0.1, -0.05) is 0 Å². The monoisotopic (exact) mass is 471 g/mol. The number of rotatable bonds is 4. The molecule has 1 aliphatic heterocycles. The van der Waals surface area contributed by atoms with Crippen molar-refractivity contribution in [2.45, 2.75) is 51.0 Å². The van der Waals surface area contributed by atoms with Crippen molar-refractivity contribution in [2.75, 3.05) is 6.54 Å². The van der Waals surface area contributed by atoms with Gasteiger partial charge in [0.25, 0.3) is 0 Å². The average Bonchev–Trinajstić information content (AvgIpc) is 3.09. The first-order chi connectivity index (χ1) is 13.9. The van der Waals surface area contributed by atoms with Gasteiger partial charge in [-0.05, 0) is 31.9 Å². The molecule has 0 spiro atoms. The predicted molar refractivity (Wildman–Crippen MR) is 99.7 cm³/mol. The summed E-state index contributed by atoms with van der Waals surface area (Å²) >= 11 is 0. The Morgan fingerprint density at radius 1 is 1.16 bits per heavy atom. The van der Waals surface area contributed by atoms with Crippen LogP contribution in [0.15, 0.2) is 12.1 Å². The lowest BCUT2D eigenvalue weighted by Crippen LogP contribution is -2.45. The fourth-order valence-electron chi connectivity index (χ4n) is 3.61. The largest absolute Gasteiger partial charge is 0.451 e. The fourth-order valence-corrected chi connectivity index (χ4v) is 3.61. The second kappa shape index (κ2) is 9.03. The molecule has 3 atom stereocenters. The van der Waals surface area contributed by atoms with E-state index >= 15 is 0 Å². The van der Waals surface area contributed by atoms with Gasteiger partial charge in [-0.15, -0.1) is 22.6 Å². The summed E-state index contributed by atoms with van der Waals surface area (Å²) in [6.07, 6.45) is -5.17. The maximum absolute atomic E-state index is 13.8. The minimum Gasteiger partial charge on any atom is -0.331 e. The standard InChI is InChI=1S/C18H19F6N5O.ClH/c1-8-7-28(9(2)16-26-27-17(29(8)16)18(22,23)24)15(30)5-11(25)3-10-4-13(20)14(21)6-12(10)19;/h4,6,8-9,11H,3,5,7,25H2,1-2H3;1H/t8-,9+,11-;/m1./s1. The van der Waals surface area contributed by atoms with Crippen molar-refractivity contribution in [3.8, 4) is 0 Å². The molecule has 0 bridgehead atoms. The summed E-state index contributed by atoms with van der Waals surface area (Å²) in [5.41, 5.74) is 5.72. The summed E-state index contributed by atoms with van der Waals surface area (Å²) in [5, 5.41) is 6.83. The lowest BCUT2D eigenvalue weighted by molar-refractivity contribution is -0.149. The first kappa shape index (κ1) is 24.9. The van der Waals surface area contributed by atoms with Crippen LogP contribution in [0.3, 0.4) is 0 Å². The Hall–Kier alpha value is -2.34. The maximum Gasteiger partial charge on any atom is 0.451 e. The smallest absolute Gasteiger partial charge is 0.331 e. The Morgan fingerprint density at radius 2 is 1.77 bits per heavy atom. The van der Waals surface area contributed by atoms with Crippen LogP contribution < -0.4 is 5.73 Å². The predicted octanol–water partition coefficient (Wildman–Crippen LogP) is 3.56. The lowest BCUT2D eigenvalue weighted by atomic mass is 10.0. The highest BCUT2D eigenvalue weighted by atomic mass is 35.5. The fraction of sp³-hybridized carbons (Fsp3) is 0.500. The Bertz CT molecular complexity index is 966. The zero-order chi connectivity index (χ0) is 22.4. The third-order valence-corrected chi connectivity index (χ3v) is 5.05. The Balaban J connectivity index is 0.00000341. The first-order valence-corrected chi connectivity index (χ1v) is 9.10. The average molecular weight is 472 g/mol. The van der Waals surface area contributed by atoms with E-state index in [0.717, 1.165) is 4.57 Å². The van der Waals surface area contributed by atoms with Crippen LogP contribution in [-0.4, -0.2) is 38.2 Å². The molecular formula is C18H20ClF6N5O. The summed E-state index contributed by atoms with van der Waals surface area (Å²) in [5.74, 6) is -5.16. The summed E-state index contributed by atoms with van der Waals surface area (Å²) < 4.78 is 80.5. The number of nitrogens with zero attached hydrogens (tertiary/aromatic N) is 4. The topological polar surface area (TPSA) is 77.0 Å². The number of nitrogens with two attached hydrogens (primary N) is 1. The molecule has 0 radical (unpaired) electrons. The number of carbonyl (C=O) groups excluding carboxylic acids is 1. The van der Waals surface area contributed by atoms with Gasteiger partial charge in [0.2, 0.25) is 11.7 Å². The van der Waals surface area contributed by atoms with E-state index in [9.17, 15) is 31.1 Å². The number of amides is 1. The molecule has 1 aromatic heterocycles. The second-order valence-corrected chi connectivity index (χ2v) is 7.35. The van der Waals surface area contributed by atoms with Gasteiger partial charge >= 0.3 is 6.18 Å². The molecular weight excluding hydrogens is 452 g/mol. The number of hydrogen-bond acceptors (Lipinski definition) is 4. The van der Waals surface area contributed by atoms with Crippen LogP contribution in [0.4, 0.5) is 26.3 Å². The molecule has 0 unspecified atom stereocenters. The van der Waals surface area contributed by atoms with Gasteiger partial charge in [0.05, 0.1) is 12.1 Å². The Labute approximate surface area is 179 Å². The molecule has 6 nitrogen and oxygen atoms in total. The quantitative estimate of drug-likeness (QED) is 0.546. The van der Waals surface area contributed by atoms with Crippen molar-refractivity contribution in [1.82, 2.24) is 19.7 Å². The van der Waals surface area contributed by atoms with Crippen LogP contribution in [0.25, 0.3) is 0 Å². The van der Waals surface area contributed by atoms with Crippen molar-refractivity contribution in [1.29, 1.82) is 0 Å². The Morgan fingerprint density at radius 3 is 2.39 bits per heavy atom. The molecule has 3 rings (SSSR count). The maximum atomic E-state index is 13.8. The van der Waals surface area contributed by atoms with Crippen molar-refractivity contribution in [3.05, 3.63) is 46.8 Å². The number of alkyl halides is 3. The van der Waals surface area contributed by atoms with E-state index in [1.165, 1.54) is 18.7 Å². The Kier molecular flexibility index (Phi) is 7.26. The third-order valence-electron chi connectivity index (χ3n) is 5.05. The van der Waals surface area contributed by atoms with E-state index in [2.05, 4.69) is 10.2 Å². The van der Waals surface area contributed by atoms with Gasteiger partial charge in [-0.25, -0.2) is 13.2 Å². The van der Waals surface area contributed by atoms with Crippen LogP contribution in [0, 0.1) is 17.5 Å². The van der Waals surface area contributed by atoms with E-state index < -0.39 is 53.5 Å². The zero-order valence-corrected chi connectivity index (χ0v) is 17.3. The number of benzene rings is 1. The molecule has 13 heteroatoms. The molecule has 2 N–H and O–H groups in total. The third kappa shape index (κ3) is 4.95. The summed E-state index contributed by atoms with van der Waals surface area (Å²) in [7, 11) is 0. The zero-order valence-electron chi connectivity index (χ0n) is 16.5. The number of halogens is 7. The molecule has 1 amide bonds. The second-order valence-electron chi connectivity index (χ2n) is 7.35. The molecule has 0 aliphatic carbocycles. The van der Waals surface area contributed by atoms with E-state index in [4.69, 9.17) is 5.73 Å². The molecule has 172 valence electrons. The summed E-state index contributed by atoms with van der Waals surface area (Å²) in [4.78, 5) is 14.0. The van der Waals surface area contributed by atoms with Crippen LogP contribution in [0.2, 0.25) is 0 Å². The normalized spacial score (nSPS) is 19.6. The molecule has 2 heterocycles. The van der Waals surface area contributed by atoms with Gasteiger partial charge in [0, 0.05) is 25.1 Å². The van der Waals surface area contributed by atoms with Gasteiger partial charge in [0.15, 0.2) is 17.5 Å². The highest BCUT2D eigenvalue weighted by Crippen LogP contribution is 2.36. The van der Waals surface area contributed by atoms with E-state index in [-0.39, 0.29) is 43.2 Å². The van der Waals surface area contributed by atoms with E-state index in [0.29, 0.717) is 12.1 Å². The number of carbonyl (C=O) groups is 1. The molecule has 1 aliphatic rings.